The highest BCUT2D eigenvalue weighted by Crippen LogP contribution is 2.35. The molecule has 9 nitrogen and oxygen atoms in total. The minimum Gasteiger partial charge on any atom is -0.494 e. The Morgan fingerprint density at radius 2 is 2.14 bits per heavy atom. The number of anilines is 1. The van der Waals surface area contributed by atoms with Crippen molar-refractivity contribution < 1.29 is 13.9 Å². The van der Waals surface area contributed by atoms with Crippen molar-refractivity contribution in [2.45, 2.75) is 0 Å². The Bertz CT molecular complexity index is 1020. The van der Waals surface area contributed by atoms with Gasteiger partial charge in [0.05, 0.1) is 37.0 Å². The summed E-state index contributed by atoms with van der Waals surface area (Å²) in [5.41, 5.74) is 6.86. The fraction of sp³-hybridized carbons (Fsp3) is 0.0556. The van der Waals surface area contributed by atoms with Gasteiger partial charge in [0, 0.05) is 24.2 Å². The van der Waals surface area contributed by atoms with Crippen molar-refractivity contribution in [1.82, 2.24) is 15.3 Å². The van der Waals surface area contributed by atoms with Gasteiger partial charge >= 0.3 is 0 Å². The Morgan fingerprint density at radius 1 is 1.32 bits per heavy atom. The number of halogens is 1. The minimum atomic E-state index is -0.719. The molecule has 0 saturated carbocycles. The average Bonchev–Trinajstić information content (AvgIpc) is 2.70. The lowest BCUT2D eigenvalue weighted by Crippen LogP contribution is -2.30. The van der Waals surface area contributed by atoms with Crippen LogP contribution in [0.4, 0.5) is 10.1 Å². The number of allylic oxidation sites excluding steroid dienone is 1. The standard InChI is InChI=1S/C18H16FN7O2/c1-28-13-9-23-8-12(14(13)10-3-2-4-22-5-10)26-18(27)15(16(20)21)17-24-6-11(19)7-25-17/h2-9,24H,1H3,(H3,20,21)(H,26,27)/b17-15-. The van der Waals surface area contributed by atoms with Crippen molar-refractivity contribution in [3.63, 3.8) is 0 Å². The summed E-state index contributed by atoms with van der Waals surface area (Å²) in [4.78, 5) is 24.7. The van der Waals surface area contributed by atoms with E-state index < -0.39 is 17.6 Å². The second kappa shape index (κ2) is 8.08. The Labute approximate surface area is 159 Å². The molecule has 0 fully saturated rings. The number of hydrogen-bond donors (Lipinski definition) is 4. The molecule has 1 amide bonds. The van der Waals surface area contributed by atoms with Crippen LogP contribution in [-0.4, -0.2) is 35.0 Å². The SMILES string of the molecule is COc1cncc(NC(=O)/C(C(=N)N)=C2\N=CC(F)=CN2)c1-c1cccnc1. The Morgan fingerprint density at radius 3 is 2.75 bits per heavy atom. The van der Waals surface area contributed by atoms with Gasteiger partial charge in [0.2, 0.25) is 0 Å². The van der Waals surface area contributed by atoms with Crippen molar-refractivity contribution in [2.75, 3.05) is 12.4 Å². The van der Waals surface area contributed by atoms with Gasteiger partial charge in [-0.05, 0) is 6.07 Å². The summed E-state index contributed by atoms with van der Waals surface area (Å²) in [6.07, 6.45) is 8.08. The number of hydrogen-bond acceptors (Lipinski definition) is 7. The highest BCUT2D eigenvalue weighted by molar-refractivity contribution is 6.24. The molecule has 0 spiro atoms. The number of aromatic nitrogens is 2. The van der Waals surface area contributed by atoms with Gasteiger partial charge in [-0.15, -0.1) is 0 Å². The van der Waals surface area contributed by atoms with Crippen LogP contribution < -0.4 is 21.1 Å². The third-order valence-corrected chi connectivity index (χ3v) is 3.73. The number of carbonyl (C=O) groups excluding carboxylic acids is 1. The molecule has 0 bridgehead atoms. The third-order valence-electron chi connectivity index (χ3n) is 3.73. The van der Waals surface area contributed by atoms with Gasteiger partial charge in [-0.2, -0.15) is 0 Å². The van der Waals surface area contributed by atoms with E-state index in [1.807, 2.05) is 0 Å². The fourth-order valence-electron chi connectivity index (χ4n) is 2.52. The summed E-state index contributed by atoms with van der Waals surface area (Å²) in [6, 6.07) is 3.54. The molecule has 1 aliphatic rings. The summed E-state index contributed by atoms with van der Waals surface area (Å²) in [5, 5.41) is 12.9. The number of amidine groups is 1. The molecule has 0 aliphatic carbocycles. The molecular weight excluding hydrogens is 365 g/mol. The van der Waals surface area contributed by atoms with E-state index in [2.05, 4.69) is 25.6 Å². The van der Waals surface area contributed by atoms with E-state index in [4.69, 9.17) is 15.9 Å². The molecule has 0 saturated heterocycles. The maximum Gasteiger partial charge on any atom is 0.263 e. The van der Waals surface area contributed by atoms with Crippen LogP contribution in [0.15, 0.2) is 65.3 Å². The number of methoxy groups -OCH3 is 1. The quantitative estimate of drug-likeness (QED) is 0.353. The van der Waals surface area contributed by atoms with E-state index in [0.29, 0.717) is 22.6 Å². The molecule has 2 aromatic rings. The van der Waals surface area contributed by atoms with Crippen molar-refractivity contribution >= 4 is 23.6 Å². The highest BCUT2D eigenvalue weighted by Gasteiger charge is 2.22. The monoisotopic (exact) mass is 381 g/mol. The van der Waals surface area contributed by atoms with Crippen LogP contribution in [0.3, 0.4) is 0 Å². The summed E-state index contributed by atoms with van der Waals surface area (Å²) >= 11 is 0. The van der Waals surface area contributed by atoms with Gasteiger partial charge < -0.3 is 21.1 Å². The molecule has 5 N–H and O–H groups in total. The molecule has 1 aliphatic heterocycles. The third kappa shape index (κ3) is 3.85. The number of ether oxygens (including phenoxy) is 1. The topological polar surface area (TPSA) is 138 Å². The van der Waals surface area contributed by atoms with Crippen molar-refractivity contribution in [2.24, 2.45) is 10.7 Å². The van der Waals surface area contributed by atoms with E-state index >= 15 is 0 Å². The number of carbonyl (C=O) groups is 1. The van der Waals surface area contributed by atoms with Crippen LogP contribution in [0, 0.1) is 5.41 Å². The molecular formula is C18H16FN7O2. The van der Waals surface area contributed by atoms with Crippen LogP contribution in [0.1, 0.15) is 0 Å². The van der Waals surface area contributed by atoms with E-state index in [1.54, 1.807) is 24.5 Å². The first-order valence-corrected chi connectivity index (χ1v) is 8.00. The summed E-state index contributed by atoms with van der Waals surface area (Å²) in [5.74, 6) is -1.51. The van der Waals surface area contributed by atoms with Gasteiger partial charge in [0.15, 0.2) is 5.83 Å². The molecule has 3 heterocycles. The maximum absolute atomic E-state index is 13.1. The molecule has 0 radical (unpaired) electrons. The number of aliphatic imine (C=N–C) groups is 1. The molecule has 142 valence electrons. The fourth-order valence-corrected chi connectivity index (χ4v) is 2.52. The molecule has 0 unspecified atom stereocenters. The van der Waals surface area contributed by atoms with Crippen LogP contribution in [0.2, 0.25) is 0 Å². The van der Waals surface area contributed by atoms with Crippen molar-refractivity contribution in [3.05, 3.63) is 60.3 Å². The first-order valence-electron chi connectivity index (χ1n) is 8.00. The lowest BCUT2D eigenvalue weighted by molar-refractivity contribution is -0.112. The molecule has 3 rings (SSSR count). The number of nitrogens with two attached hydrogens (primary N) is 1. The molecule has 2 aromatic heterocycles. The minimum absolute atomic E-state index is 0.0508. The zero-order valence-corrected chi connectivity index (χ0v) is 14.7. The zero-order valence-electron chi connectivity index (χ0n) is 14.7. The zero-order chi connectivity index (χ0) is 20.1. The largest absolute Gasteiger partial charge is 0.494 e. The average molecular weight is 381 g/mol. The van der Waals surface area contributed by atoms with Gasteiger partial charge in [-0.25, -0.2) is 9.38 Å². The number of nitrogens with one attached hydrogen (secondary N) is 3. The number of pyridine rings is 2. The molecule has 10 heteroatoms. The Balaban J connectivity index is 2.02. The first kappa shape index (κ1) is 18.7. The van der Waals surface area contributed by atoms with E-state index in [-0.39, 0.29) is 11.4 Å². The van der Waals surface area contributed by atoms with Gasteiger partial charge in [-0.3, -0.25) is 20.2 Å². The Kier molecular flexibility index (Phi) is 5.40. The van der Waals surface area contributed by atoms with Crippen LogP contribution in [-0.2, 0) is 4.79 Å². The number of amides is 1. The van der Waals surface area contributed by atoms with E-state index in [0.717, 1.165) is 12.4 Å². The summed E-state index contributed by atoms with van der Waals surface area (Å²) < 4.78 is 18.5. The van der Waals surface area contributed by atoms with Crippen LogP contribution in [0.5, 0.6) is 5.75 Å². The summed E-state index contributed by atoms with van der Waals surface area (Å²) in [7, 11) is 1.48. The Hall–Kier alpha value is -4.08. The maximum atomic E-state index is 13.1. The van der Waals surface area contributed by atoms with Crippen molar-refractivity contribution in [3.8, 4) is 16.9 Å². The van der Waals surface area contributed by atoms with Crippen LogP contribution >= 0.6 is 0 Å². The predicted octanol–water partition coefficient (Wildman–Crippen LogP) is 1.72. The van der Waals surface area contributed by atoms with E-state index in [1.165, 1.54) is 19.5 Å². The number of nitrogens with zero attached hydrogens (tertiary/aromatic N) is 3. The first-order chi connectivity index (χ1) is 13.5. The smallest absolute Gasteiger partial charge is 0.263 e. The van der Waals surface area contributed by atoms with Gasteiger partial charge in [0.25, 0.3) is 5.91 Å². The normalized spacial score (nSPS) is 14.6. The van der Waals surface area contributed by atoms with Gasteiger partial charge in [0.1, 0.15) is 23.0 Å². The van der Waals surface area contributed by atoms with Crippen molar-refractivity contribution in [1.29, 1.82) is 5.41 Å². The lowest BCUT2D eigenvalue weighted by atomic mass is 10.1. The summed E-state index contributed by atoms with van der Waals surface area (Å²) in [6.45, 7) is 0. The second-order valence-corrected chi connectivity index (χ2v) is 5.53. The van der Waals surface area contributed by atoms with Crippen LogP contribution in [0.25, 0.3) is 11.1 Å². The molecule has 0 aromatic carbocycles. The predicted molar refractivity (Wildman–Crippen MR) is 102 cm³/mol. The molecule has 0 atom stereocenters. The lowest BCUT2D eigenvalue weighted by Gasteiger charge is -2.16. The highest BCUT2D eigenvalue weighted by atomic mass is 19.1. The van der Waals surface area contributed by atoms with E-state index in [9.17, 15) is 9.18 Å². The number of rotatable bonds is 5. The van der Waals surface area contributed by atoms with Gasteiger partial charge in [-0.1, -0.05) is 6.07 Å². The second-order valence-electron chi connectivity index (χ2n) is 5.53. The molecule has 28 heavy (non-hydrogen) atoms.